The van der Waals surface area contributed by atoms with E-state index in [4.69, 9.17) is 5.73 Å². The van der Waals surface area contributed by atoms with Gasteiger partial charge in [-0.15, -0.1) is 0 Å². The number of nitrogens with one attached hydrogen (secondary N) is 1. The zero-order valence-electron chi connectivity index (χ0n) is 14.4. The number of piperazine rings is 1. The molecule has 0 unspecified atom stereocenters. The minimum absolute atomic E-state index is 0.0276. The van der Waals surface area contributed by atoms with Crippen LogP contribution in [-0.4, -0.2) is 60.4 Å². The standard InChI is InChI=1S/C16H23N5O4/c1-11(2)18-15(22)10-19-5-7-20(8-6-19)13-4-3-12(16(17)23)9-14(13)21(24)25/h3-4,9,11H,5-8,10H2,1-2H3,(H2,17,23)(H,18,22). The van der Waals surface area contributed by atoms with Gasteiger partial charge in [0.1, 0.15) is 5.69 Å². The van der Waals surface area contributed by atoms with Gasteiger partial charge in [0.2, 0.25) is 11.8 Å². The third kappa shape index (κ3) is 4.90. The van der Waals surface area contributed by atoms with E-state index in [-0.39, 0.29) is 23.2 Å². The summed E-state index contributed by atoms with van der Waals surface area (Å²) in [6, 6.07) is 4.35. The van der Waals surface area contributed by atoms with Crippen molar-refractivity contribution in [1.29, 1.82) is 0 Å². The molecule has 0 aromatic heterocycles. The number of carbonyl (C=O) groups is 2. The Morgan fingerprint density at radius 3 is 2.44 bits per heavy atom. The van der Waals surface area contributed by atoms with E-state index in [0.717, 1.165) is 0 Å². The third-order valence-electron chi connectivity index (χ3n) is 3.99. The Kier molecular flexibility index (Phi) is 5.92. The van der Waals surface area contributed by atoms with Gasteiger partial charge in [-0.25, -0.2) is 0 Å². The lowest BCUT2D eigenvalue weighted by Crippen LogP contribution is -2.50. The van der Waals surface area contributed by atoms with Crippen molar-refractivity contribution in [2.45, 2.75) is 19.9 Å². The molecular weight excluding hydrogens is 326 g/mol. The van der Waals surface area contributed by atoms with Gasteiger partial charge >= 0.3 is 0 Å². The molecule has 25 heavy (non-hydrogen) atoms. The number of hydrogen-bond acceptors (Lipinski definition) is 6. The molecule has 9 nitrogen and oxygen atoms in total. The number of benzene rings is 1. The Labute approximate surface area is 145 Å². The summed E-state index contributed by atoms with van der Waals surface area (Å²) in [5.41, 5.74) is 5.62. The lowest BCUT2D eigenvalue weighted by Gasteiger charge is -2.35. The van der Waals surface area contributed by atoms with Crippen molar-refractivity contribution < 1.29 is 14.5 Å². The number of hydrogen-bond donors (Lipinski definition) is 2. The molecule has 0 saturated carbocycles. The summed E-state index contributed by atoms with van der Waals surface area (Å²) < 4.78 is 0. The molecule has 9 heteroatoms. The third-order valence-corrected chi connectivity index (χ3v) is 3.99. The molecule has 0 bridgehead atoms. The van der Waals surface area contributed by atoms with Gasteiger partial charge in [0, 0.05) is 43.9 Å². The summed E-state index contributed by atoms with van der Waals surface area (Å²) in [6.07, 6.45) is 0. The summed E-state index contributed by atoms with van der Waals surface area (Å²) in [4.78, 5) is 37.8. The summed E-state index contributed by atoms with van der Waals surface area (Å²) in [7, 11) is 0. The van der Waals surface area contributed by atoms with Gasteiger partial charge in [-0.1, -0.05) is 0 Å². The first-order valence-electron chi connectivity index (χ1n) is 8.13. The molecule has 1 aromatic rings. The van der Waals surface area contributed by atoms with Crippen LogP contribution >= 0.6 is 0 Å². The molecule has 0 spiro atoms. The fourth-order valence-electron chi connectivity index (χ4n) is 2.81. The lowest BCUT2D eigenvalue weighted by atomic mass is 10.1. The van der Waals surface area contributed by atoms with Gasteiger partial charge in [0.05, 0.1) is 11.5 Å². The topological polar surface area (TPSA) is 122 Å². The molecule has 1 aliphatic heterocycles. The van der Waals surface area contributed by atoms with E-state index < -0.39 is 10.8 Å². The van der Waals surface area contributed by atoms with E-state index in [0.29, 0.717) is 38.4 Å². The fourth-order valence-corrected chi connectivity index (χ4v) is 2.81. The molecule has 136 valence electrons. The lowest BCUT2D eigenvalue weighted by molar-refractivity contribution is -0.384. The second-order valence-electron chi connectivity index (χ2n) is 6.31. The van der Waals surface area contributed by atoms with Crippen LogP contribution in [0.4, 0.5) is 11.4 Å². The number of anilines is 1. The molecule has 0 radical (unpaired) electrons. The zero-order chi connectivity index (χ0) is 18.6. The monoisotopic (exact) mass is 349 g/mol. The van der Waals surface area contributed by atoms with Gasteiger partial charge in [0.25, 0.3) is 5.69 Å². The van der Waals surface area contributed by atoms with Gasteiger partial charge < -0.3 is 16.0 Å². The van der Waals surface area contributed by atoms with Crippen LogP contribution in [0.3, 0.4) is 0 Å². The Morgan fingerprint density at radius 2 is 1.92 bits per heavy atom. The average molecular weight is 349 g/mol. The van der Waals surface area contributed by atoms with Crippen molar-refractivity contribution in [2.75, 3.05) is 37.6 Å². The van der Waals surface area contributed by atoms with Crippen molar-refractivity contribution in [2.24, 2.45) is 5.73 Å². The van der Waals surface area contributed by atoms with Crippen LogP contribution in [0.5, 0.6) is 0 Å². The van der Waals surface area contributed by atoms with Gasteiger partial charge in [-0.2, -0.15) is 0 Å². The summed E-state index contributed by atoms with van der Waals surface area (Å²) in [5, 5.41) is 14.2. The van der Waals surface area contributed by atoms with E-state index >= 15 is 0 Å². The van der Waals surface area contributed by atoms with Crippen molar-refractivity contribution in [3.05, 3.63) is 33.9 Å². The minimum Gasteiger partial charge on any atom is -0.366 e. The van der Waals surface area contributed by atoms with Crippen LogP contribution in [0.15, 0.2) is 18.2 Å². The molecule has 1 aliphatic rings. The van der Waals surface area contributed by atoms with Gasteiger partial charge in [0.15, 0.2) is 0 Å². The van der Waals surface area contributed by atoms with Crippen LogP contribution in [0, 0.1) is 10.1 Å². The maximum absolute atomic E-state index is 11.8. The quantitative estimate of drug-likeness (QED) is 0.564. The van der Waals surface area contributed by atoms with Crippen molar-refractivity contribution >= 4 is 23.2 Å². The summed E-state index contributed by atoms with van der Waals surface area (Å²) in [5.74, 6) is -0.726. The molecule has 0 atom stereocenters. The number of amides is 2. The van der Waals surface area contributed by atoms with Gasteiger partial charge in [-0.05, 0) is 26.0 Å². The highest BCUT2D eigenvalue weighted by Gasteiger charge is 2.25. The smallest absolute Gasteiger partial charge is 0.293 e. The number of nitro benzene ring substituents is 1. The van der Waals surface area contributed by atoms with Gasteiger partial charge in [-0.3, -0.25) is 24.6 Å². The number of carbonyl (C=O) groups excluding carboxylic acids is 2. The molecule has 1 heterocycles. The van der Waals surface area contributed by atoms with Crippen LogP contribution in [0.25, 0.3) is 0 Å². The Hall–Kier alpha value is -2.68. The molecular formula is C16H23N5O4. The fraction of sp³-hybridized carbons (Fsp3) is 0.500. The zero-order valence-corrected chi connectivity index (χ0v) is 14.4. The second kappa shape index (κ2) is 7.93. The first-order chi connectivity index (χ1) is 11.8. The van der Waals surface area contributed by atoms with Crippen molar-refractivity contribution in [3.63, 3.8) is 0 Å². The average Bonchev–Trinajstić information content (AvgIpc) is 2.54. The molecule has 1 aromatic carbocycles. The van der Waals surface area contributed by atoms with E-state index in [1.54, 1.807) is 6.07 Å². The first-order valence-corrected chi connectivity index (χ1v) is 8.13. The SMILES string of the molecule is CC(C)NC(=O)CN1CCN(c2ccc(C(N)=O)cc2[N+](=O)[O-])CC1. The molecule has 2 rings (SSSR count). The summed E-state index contributed by atoms with van der Waals surface area (Å²) >= 11 is 0. The molecule has 2 amide bonds. The molecule has 1 fully saturated rings. The number of rotatable bonds is 6. The number of primary amides is 1. The Bertz CT molecular complexity index is 668. The Balaban J connectivity index is 2.04. The summed E-state index contributed by atoms with van der Waals surface area (Å²) in [6.45, 7) is 6.50. The van der Waals surface area contributed by atoms with E-state index in [1.807, 2.05) is 23.6 Å². The van der Waals surface area contributed by atoms with E-state index in [2.05, 4.69) is 5.32 Å². The Morgan fingerprint density at radius 1 is 1.28 bits per heavy atom. The second-order valence-corrected chi connectivity index (χ2v) is 6.31. The number of nitrogens with zero attached hydrogens (tertiary/aromatic N) is 3. The van der Waals surface area contributed by atoms with E-state index in [9.17, 15) is 19.7 Å². The highest BCUT2D eigenvalue weighted by molar-refractivity contribution is 5.94. The maximum atomic E-state index is 11.8. The number of nitro groups is 1. The van der Waals surface area contributed by atoms with E-state index in [1.165, 1.54) is 12.1 Å². The molecule has 0 aliphatic carbocycles. The van der Waals surface area contributed by atoms with Crippen LogP contribution in [-0.2, 0) is 4.79 Å². The van der Waals surface area contributed by atoms with Crippen molar-refractivity contribution in [1.82, 2.24) is 10.2 Å². The number of nitrogens with two attached hydrogens (primary N) is 1. The molecule has 1 saturated heterocycles. The highest BCUT2D eigenvalue weighted by Crippen LogP contribution is 2.30. The van der Waals surface area contributed by atoms with Crippen LogP contribution in [0.1, 0.15) is 24.2 Å². The van der Waals surface area contributed by atoms with Crippen LogP contribution in [0.2, 0.25) is 0 Å². The first kappa shape index (κ1) is 18.7. The van der Waals surface area contributed by atoms with Crippen LogP contribution < -0.4 is 16.0 Å². The molecule has 3 N–H and O–H groups in total. The largest absolute Gasteiger partial charge is 0.366 e. The predicted octanol–water partition coefficient (Wildman–Crippen LogP) is 0.340. The minimum atomic E-state index is -0.698. The van der Waals surface area contributed by atoms with Crippen molar-refractivity contribution in [3.8, 4) is 0 Å². The normalized spacial score (nSPS) is 15.2. The highest BCUT2D eigenvalue weighted by atomic mass is 16.6. The predicted molar refractivity (Wildman–Crippen MR) is 93.5 cm³/mol. The maximum Gasteiger partial charge on any atom is 0.293 e.